The fraction of sp³-hybridized carbons (Fsp3) is 0.150. The van der Waals surface area contributed by atoms with Crippen LogP contribution in [-0.2, 0) is 16.6 Å². The smallest absolute Gasteiger partial charge is 0.303 e. The molecule has 29 heavy (non-hydrogen) atoms. The molecule has 1 aromatic heterocycles. The van der Waals surface area contributed by atoms with Crippen molar-refractivity contribution in [2.75, 3.05) is 11.2 Å². The second-order valence-electron chi connectivity index (χ2n) is 6.34. The molecule has 148 valence electrons. The molecule has 0 bridgehead atoms. The SMILES string of the molecule is Cc1oc(N(Cc2ccccc2)c2ccc(C#N)cc2)nc1C(=O)NS(C)(=O)=O. The first-order valence-corrected chi connectivity index (χ1v) is 10.5. The van der Waals surface area contributed by atoms with Crippen LogP contribution in [0.3, 0.4) is 0 Å². The van der Waals surface area contributed by atoms with Crippen molar-refractivity contribution in [2.45, 2.75) is 13.5 Å². The quantitative estimate of drug-likeness (QED) is 0.664. The van der Waals surface area contributed by atoms with E-state index in [2.05, 4.69) is 11.1 Å². The molecule has 3 aromatic rings. The average Bonchev–Trinajstić information content (AvgIpc) is 3.07. The third kappa shape index (κ3) is 5.00. The Bertz CT molecular complexity index is 1160. The zero-order valence-electron chi connectivity index (χ0n) is 15.8. The second kappa shape index (κ2) is 8.16. The fourth-order valence-corrected chi connectivity index (χ4v) is 3.11. The second-order valence-corrected chi connectivity index (χ2v) is 8.08. The topological polar surface area (TPSA) is 116 Å². The normalized spacial score (nSPS) is 10.9. The van der Waals surface area contributed by atoms with E-state index in [1.807, 2.05) is 35.1 Å². The van der Waals surface area contributed by atoms with Crippen LogP contribution in [0.1, 0.15) is 27.4 Å². The summed E-state index contributed by atoms with van der Waals surface area (Å²) in [5.41, 5.74) is 2.06. The van der Waals surface area contributed by atoms with E-state index in [-0.39, 0.29) is 17.5 Å². The predicted molar refractivity (Wildman–Crippen MR) is 107 cm³/mol. The summed E-state index contributed by atoms with van der Waals surface area (Å²) in [6.07, 6.45) is 0.889. The van der Waals surface area contributed by atoms with Crippen LogP contribution in [0.4, 0.5) is 11.7 Å². The molecule has 0 fully saturated rings. The number of sulfonamides is 1. The summed E-state index contributed by atoms with van der Waals surface area (Å²) in [6, 6.07) is 18.6. The minimum Gasteiger partial charge on any atom is -0.428 e. The van der Waals surface area contributed by atoms with Gasteiger partial charge >= 0.3 is 6.01 Å². The molecule has 2 aromatic carbocycles. The van der Waals surface area contributed by atoms with Gasteiger partial charge in [0.05, 0.1) is 24.4 Å². The summed E-state index contributed by atoms with van der Waals surface area (Å²) in [4.78, 5) is 18.2. The molecule has 1 heterocycles. The standard InChI is InChI=1S/C20H18N4O4S/c1-14-18(19(25)23-29(2,26)27)22-20(28-14)24(13-16-6-4-3-5-7-16)17-10-8-15(12-21)9-11-17/h3-11H,13H2,1-2H3,(H,23,25). The van der Waals surface area contributed by atoms with Crippen LogP contribution in [-0.4, -0.2) is 25.6 Å². The summed E-state index contributed by atoms with van der Waals surface area (Å²) < 4.78 is 30.3. The summed E-state index contributed by atoms with van der Waals surface area (Å²) >= 11 is 0. The van der Waals surface area contributed by atoms with Crippen molar-refractivity contribution in [3.05, 3.63) is 77.2 Å². The number of oxazole rings is 1. The van der Waals surface area contributed by atoms with E-state index >= 15 is 0 Å². The van der Waals surface area contributed by atoms with Crippen LogP contribution in [0.2, 0.25) is 0 Å². The number of carbonyl (C=O) groups excluding carboxylic acids is 1. The van der Waals surface area contributed by atoms with Crippen molar-refractivity contribution in [3.63, 3.8) is 0 Å². The summed E-state index contributed by atoms with van der Waals surface area (Å²) in [5.74, 6) is -0.674. The van der Waals surface area contributed by atoms with Crippen LogP contribution in [0.15, 0.2) is 59.0 Å². The van der Waals surface area contributed by atoms with Gasteiger partial charge in [-0.2, -0.15) is 10.2 Å². The highest BCUT2D eigenvalue weighted by Gasteiger charge is 2.24. The molecule has 0 unspecified atom stereocenters. The van der Waals surface area contributed by atoms with Gasteiger partial charge in [0, 0.05) is 5.69 Å². The maximum atomic E-state index is 12.2. The van der Waals surface area contributed by atoms with E-state index in [1.54, 1.807) is 29.2 Å². The summed E-state index contributed by atoms with van der Waals surface area (Å²) in [5, 5.41) is 9.02. The zero-order valence-corrected chi connectivity index (χ0v) is 16.6. The van der Waals surface area contributed by atoms with Crippen molar-refractivity contribution in [1.29, 1.82) is 5.26 Å². The van der Waals surface area contributed by atoms with Crippen LogP contribution in [0, 0.1) is 18.3 Å². The Kier molecular flexibility index (Phi) is 5.66. The van der Waals surface area contributed by atoms with Gasteiger partial charge < -0.3 is 4.42 Å². The van der Waals surface area contributed by atoms with E-state index in [4.69, 9.17) is 9.68 Å². The molecule has 1 amide bonds. The van der Waals surface area contributed by atoms with Gasteiger partial charge in [0.15, 0.2) is 5.69 Å². The van der Waals surface area contributed by atoms with Gasteiger partial charge in [-0.25, -0.2) is 13.1 Å². The lowest BCUT2D eigenvalue weighted by Crippen LogP contribution is -2.30. The Balaban J connectivity index is 2.00. The summed E-state index contributed by atoms with van der Waals surface area (Å²) in [7, 11) is -3.73. The van der Waals surface area contributed by atoms with Gasteiger partial charge in [-0.1, -0.05) is 30.3 Å². The molecular formula is C20H18N4O4S. The first-order chi connectivity index (χ1) is 13.8. The lowest BCUT2D eigenvalue weighted by Gasteiger charge is -2.21. The maximum absolute atomic E-state index is 12.2. The Labute approximate surface area is 168 Å². The van der Waals surface area contributed by atoms with Gasteiger partial charge in [-0.05, 0) is 36.8 Å². The van der Waals surface area contributed by atoms with E-state index in [0.29, 0.717) is 17.8 Å². The van der Waals surface area contributed by atoms with Crippen LogP contribution < -0.4 is 9.62 Å². The number of nitriles is 1. The number of nitrogens with zero attached hydrogens (tertiary/aromatic N) is 3. The number of aryl methyl sites for hydroxylation is 1. The van der Waals surface area contributed by atoms with Crippen molar-refractivity contribution in [1.82, 2.24) is 9.71 Å². The number of amides is 1. The molecule has 1 N–H and O–H groups in total. The Hall–Kier alpha value is -3.64. The van der Waals surface area contributed by atoms with Gasteiger partial charge in [-0.15, -0.1) is 0 Å². The van der Waals surface area contributed by atoms with E-state index in [0.717, 1.165) is 11.8 Å². The molecule has 0 aliphatic rings. The molecule has 3 rings (SSSR count). The highest BCUT2D eigenvalue weighted by atomic mass is 32.2. The van der Waals surface area contributed by atoms with Crippen LogP contribution >= 0.6 is 0 Å². The lowest BCUT2D eigenvalue weighted by atomic mass is 10.2. The predicted octanol–water partition coefficient (Wildman–Crippen LogP) is 2.88. The van der Waals surface area contributed by atoms with Gasteiger partial charge in [0.1, 0.15) is 5.76 Å². The van der Waals surface area contributed by atoms with Crippen molar-refractivity contribution < 1.29 is 17.6 Å². The zero-order chi connectivity index (χ0) is 21.0. The van der Waals surface area contributed by atoms with Gasteiger partial charge in [-0.3, -0.25) is 9.69 Å². The molecule has 0 spiro atoms. The van der Waals surface area contributed by atoms with Gasteiger partial charge in [0.25, 0.3) is 5.91 Å². The number of carbonyl (C=O) groups is 1. The van der Waals surface area contributed by atoms with Crippen molar-refractivity contribution >= 4 is 27.6 Å². The van der Waals surface area contributed by atoms with Gasteiger partial charge in [0.2, 0.25) is 10.0 Å². The van der Waals surface area contributed by atoms with Crippen LogP contribution in [0.25, 0.3) is 0 Å². The Morgan fingerprint density at radius 2 is 1.83 bits per heavy atom. The number of hydrogen-bond donors (Lipinski definition) is 1. The molecular weight excluding hydrogens is 392 g/mol. The monoisotopic (exact) mass is 410 g/mol. The lowest BCUT2D eigenvalue weighted by molar-refractivity contribution is 0.0976. The molecule has 0 saturated carbocycles. The average molecular weight is 410 g/mol. The molecule has 0 radical (unpaired) electrons. The number of nitrogens with one attached hydrogen (secondary N) is 1. The highest BCUT2D eigenvalue weighted by Crippen LogP contribution is 2.29. The van der Waals surface area contributed by atoms with Crippen molar-refractivity contribution in [2.24, 2.45) is 0 Å². The molecule has 0 atom stereocenters. The Morgan fingerprint density at radius 1 is 1.17 bits per heavy atom. The molecule has 0 aliphatic heterocycles. The number of rotatable bonds is 6. The maximum Gasteiger partial charge on any atom is 0.303 e. The minimum absolute atomic E-state index is 0.114. The number of hydrogen-bond acceptors (Lipinski definition) is 7. The van der Waals surface area contributed by atoms with E-state index < -0.39 is 15.9 Å². The third-order valence-corrected chi connectivity index (χ3v) is 4.56. The first-order valence-electron chi connectivity index (χ1n) is 8.58. The van der Waals surface area contributed by atoms with E-state index in [1.165, 1.54) is 6.92 Å². The Morgan fingerprint density at radius 3 is 2.41 bits per heavy atom. The number of aromatic nitrogens is 1. The highest BCUT2D eigenvalue weighted by molar-refractivity contribution is 7.89. The first kappa shape index (κ1) is 20.1. The summed E-state index contributed by atoms with van der Waals surface area (Å²) in [6.45, 7) is 1.92. The number of anilines is 2. The third-order valence-electron chi connectivity index (χ3n) is 4.00. The molecule has 0 saturated heterocycles. The fourth-order valence-electron chi connectivity index (χ4n) is 2.68. The molecule has 9 heteroatoms. The largest absolute Gasteiger partial charge is 0.428 e. The van der Waals surface area contributed by atoms with Crippen molar-refractivity contribution in [3.8, 4) is 6.07 Å². The molecule has 0 aliphatic carbocycles. The van der Waals surface area contributed by atoms with E-state index in [9.17, 15) is 13.2 Å². The van der Waals surface area contributed by atoms with Crippen LogP contribution in [0.5, 0.6) is 0 Å². The number of benzene rings is 2. The molecule has 8 nitrogen and oxygen atoms in total. The minimum atomic E-state index is -3.73.